The number of nitro groups is 2. The number of nitrogens with zero attached hydrogens (tertiary/aromatic N) is 10. The number of methoxy groups -OCH3 is 2. The molecule has 0 aromatic carbocycles. The summed E-state index contributed by atoms with van der Waals surface area (Å²) in [5, 5.41) is 22.1. The molecule has 2 saturated heterocycles. The van der Waals surface area contributed by atoms with Crippen molar-refractivity contribution in [1.29, 1.82) is 0 Å². The van der Waals surface area contributed by atoms with Crippen molar-refractivity contribution in [2.45, 2.75) is 66.1 Å². The predicted octanol–water partition coefficient (Wildman–Crippen LogP) is 5.06. The first-order valence-electron chi connectivity index (χ1n) is 18.8. The summed E-state index contributed by atoms with van der Waals surface area (Å²) in [4.78, 5) is 65.1. The lowest BCUT2D eigenvalue weighted by molar-refractivity contribution is -0.385. The predicted molar refractivity (Wildman–Crippen MR) is 221 cm³/mol. The van der Waals surface area contributed by atoms with Crippen LogP contribution in [-0.2, 0) is 18.9 Å². The number of pyridine rings is 2. The van der Waals surface area contributed by atoms with Crippen molar-refractivity contribution in [3.8, 4) is 0 Å². The van der Waals surface area contributed by atoms with Crippen molar-refractivity contribution in [3.05, 3.63) is 62.1 Å². The standard InChI is InChI=1S/C18H27N5O4.C15H22N4O4.C5H13NO2/c1-18(2,3)27-17(24)22-12-10-21(11-13-22)16-7-6-15(23(25)26)14(19-16)8-9-20(4)5;1-11-12(19(21)22)5-6-13(16-11)17-7-9-18(10-8-17)14(20)23-15(2,3)4;1-6(2)5(7-3)8-4/h6-9H,10-13H2,1-5H3;5-6H,7-10H2,1-4H3;5H,1-4H3/b9-8+;;. The Morgan fingerprint density at radius 2 is 1.10 bits per heavy atom. The first-order valence-corrected chi connectivity index (χ1v) is 18.8. The number of ether oxygens (including phenoxy) is 4. The average Bonchev–Trinajstić information content (AvgIpc) is 3.13. The lowest BCUT2D eigenvalue weighted by Crippen LogP contribution is -2.50. The molecule has 0 atom stereocenters. The molecule has 0 bridgehead atoms. The Labute approximate surface area is 341 Å². The van der Waals surface area contributed by atoms with Gasteiger partial charge in [0, 0.05) is 99.0 Å². The van der Waals surface area contributed by atoms with Gasteiger partial charge in [0.2, 0.25) is 6.41 Å². The minimum Gasteiger partial charge on any atom is -0.444 e. The van der Waals surface area contributed by atoms with E-state index < -0.39 is 21.0 Å². The largest absolute Gasteiger partial charge is 0.444 e. The Morgan fingerprint density at radius 1 is 0.707 bits per heavy atom. The minimum atomic E-state index is -0.526. The van der Waals surface area contributed by atoms with Crippen molar-refractivity contribution in [3.63, 3.8) is 0 Å². The number of rotatable bonds is 9. The van der Waals surface area contributed by atoms with Crippen molar-refractivity contribution >= 4 is 41.3 Å². The van der Waals surface area contributed by atoms with Crippen LogP contribution in [0.1, 0.15) is 52.9 Å². The second kappa shape index (κ2) is 22.0. The van der Waals surface area contributed by atoms with Crippen molar-refractivity contribution in [2.75, 3.05) is 105 Å². The normalized spacial score (nSPS) is 14.7. The van der Waals surface area contributed by atoms with E-state index in [-0.39, 0.29) is 30.0 Å². The number of anilines is 2. The number of hydrogen-bond donors (Lipinski definition) is 0. The van der Waals surface area contributed by atoms with Gasteiger partial charge in [0.1, 0.15) is 34.2 Å². The SMILES string of the molecule is CN(C)/C=C/c1nc(N2CCN(C(=O)OC(C)(C)C)CC2)ccc1[N+](=O)[O-].COC(OC)N(C)C.Cc1nc(N2CCN(C(=O)OC(C)(C)C)CC2)ccc1[N+](=O)[O-]. The number of hydrogen-bond acceptors (Lipinski definition) is 16. The second-order valence-corrected chi connectivity index (χ2v) is 15.8. The molecule has 0 unspecified atom stereocenters. The number of carbonyl (C=O) groups is 2. The third kappa shape index (κ3) is 16.3. The molecule has 2 amide bonds. The Hall–Kier alpha value is -5.34. The van der Waals surface area contributed by atoms with Gasteiger partial charge in [0.15, 0.2) is 0 Å². The van der Waals surface area contributed by atoms with Gasteiger partial charge >= 0.3 is 12.2 Å². The lowest BCUT2D eigenvalue weighted by atomic mass is 10.2. The highest BCUT2D eigenvalue weighted by molar-refractivity contribution is 5.69. The highest BCUT2D eigenvalue weighted by atomic mass is 16.7. The molecule has 2 aliphatic heterocycles. The van der Waals surface area contributed by atoms with E-state index in [9.17, 15) is 29.8 Å². The van der Waals surface area contributed by atoms with Crippen molar-refractivity contribution in [1.82, 2.24) is 29.6 Å². The number of aryl methyl sites for hydroxylation is 1. The molecule has 0 aliphatic carbocycles. The summed E-state index contributed by atoms with van der Waals surface area (Å²) in [6, 6.07) is 6.23. The van der Waals surface area contributed by atoms with Crippen LogP contribution >= 0.6 is 0 Å². The topological polar surface area (TPSA) is 203 Å². The van der Waals surface area contributed by atoms with Gasteiger partial charge in [-0.2, -0.15) is 0 Å². The summed E-state index contributed by atoms with van der Waals surface area (Å²) in [7, 11) is 10.7. The maximum absolute atomic E-state index is 12.2. The fourth-order valence-corrected chi connectivity index (χ4v) is 5.45. The molecule has 0 saturated carbocycles. The van der Waals surface area contributed by atoms with E-state index >= 15 is 0 Å². The minimum absolute atomic E-state index is 0.0149. The van der Waals surface area contributed by atoms with Crippen LogP contribution in [0.4, 0.5) is 32.6 Å². The summed E-state index contributed by atoms with van der Waals surface area (Å²) in [6.45, 7) is 17.1. The smallest absolute Gasteiger partial charge is 0.410 e. The zero-order valence-corrected chi connectivity index (χ0v) is 36.3. The van der Waals surface area contributed by atoms with E-state index in [1.165, 1.54) is 12.1 Å². The Balaban J connectivity index is 0.000000340. The van der Waals surface area contributed by atoms with Crippen LogP contribution in [0.2, 0.25) is 0 Å². The molecule has 2 aliphatic rings. The lowest BCUT2D eigenvalue weighted by Gasteiger charge is -2.36. The fraction of sp³-hybridized carbons (Fsp3) is 0.632. The zero-order chi connectivity index (χ0) is 44.0. The molecule has 324 valence electrons. The summed E-state index contributed by atoms with van der Waals surface area (Å²) >= 11 is 0. The van der Waals surface area contributed by atoms with Gasteiger partial charge in [-0.15, -0.1) is 0 Å². The molecule has 0 N–H and O–H groups in total. The second-order valence-electron chi connectivity index (χ2n) is 15.8. The molecule has 4 heterocycles. The van der Waals surface area contributed by atoms with Crippen LogP contribution in [0, 0.1) is 27.2 Å². The van der Waals surface area contributed by atoms with Crippen molar-refractivity contribution in [2.24, 2.45) is 0 Å². The van der Waals surface area contributed by atoms with Gasteiger partial charge in [0.05, 0.1) is 9.85 Å². The van der Waals surface area contributed by atoms with Gasteiger partial charge in [-0.1, -0.05) is 0 Å². The van der Waals surface area contributed by atoms with Crippen LogP contribution in [0.3, 0.4) is 0 Å². The molecular weight excluding hydrogens is 756 g/mol. The molecule has 4 rings (SSSR count). The van der Waals surface area contributed by atoms with E-state index in [1.54, 1.807) is 60.3 Å². The van der Waals surface area contributed by atoms with Crippen LogP contribution in [0.15, 0.2) is 30.5 Å². The number of carbonyl (C=O) groups excluding carboxylic acids is 2. The zero-order valence-electron chi connectivity index (χ0n) is 36.3. The quantitative estimate of drug-likeness (QED) is 0.184. The summed E-state index contributed by atoms with van der Waals surface area (Å²) < 4.78 is 20.5. The molecular formula is C38H62N10O10. The molecule has 20 nitrogen and oxygen atoms in total. The molecule has 20 heteroatoms. The average molecular weight is 819 g/mol. The van der Waals surface area contributed by atoms with Gasteiger partial charge < -0.3 is 43.4 Å². The fourth-order valence-electron chi connectivity index (χ4n) is 5.45. The van der Waals surface area contributed by atoms with Gasteiger partial charge in [-0.05, 0) is 80.8 Å². The van der Waals surface area contributed by atoms with E-state index in [0.717, 1.165) is 0 Å². The molecule has 2 aromatic heterocycles. The van der Waals surface area contributed by atoms with Crippen LogP contribution in [0.5, 0.6) is 0 Å². The van der Waals surface area contributed by atoms with E-state index in [1.807, 2.05) is 84.4 Å². The third-order valence-corrected chi connectivity index (χ3v) is 8.19. The van der Waals surface area contributed by atoms with Gasteiger partial charge in [-0.3, -0.25) is 25.1 Å². The van der Waals surface area contributed by atoms with Crippen LogP contribution in [-0.4, -0.2) is 164 Å². The number of amides is 2. The van der Waals surface area contributed by atoms with E-state index in [4.69, 9.17) is 18.9 Å². The number of aromatic nitrogens is 2. The first kappa shape index (κ1) is 48.8. The molecule has 0 spiro atoms. The summed E-state index contributed by atoms with van der Waals surface area (Å²) in [6.07, 6.45) is 2.49. The Bertz CT molecular complexity index is 1690. The highest BCUT2D eigenvalue weighted by Crippen LogP contribution is 2.25. The first-order chi connectivity index (χ1) is 27.0. The summed E-state index contributed by atoms with van der Waals surface area (Å²) in [5.74, 6) is 1.35. The monoisotopic (exact) mass is 818 g/mol. The molecule has 0 radical (unpaired) electrons. The Kier molecular flexibility index (Phi) is 18.5. The third-order valence-electron chi connectivity index (χ3n) is 8.19. The van der Waals surface area contributed by atoms with E-state index in [2.05, 4.69) is 9.97 Å². The molecule has 2 aromatic rings. The van der Waals surface area contributed by atoms with Crippen molar-refractivity contribution < 1.29 is 38.4 Å². The molecule has 58 heavy (non-hydrogen) atoms. The van der Waals surface area contributed by atoms with Crippen LogP contribution in [0.25, 0.3) is 6.08 Å². The van der Waals surface area contributed by atoms with Crippen LogP contribution < -0.4 is 9.80 Å². The van der Waals surface area contributed by atoms with E-state index in [0.29, 0.717) is 75.4 Å². The number of piperazine rings is 2. The molecule has 2 fully saturated rings. The maximum Gasteiger partial charge on any atom is 0.410 e. The Morgan fingerprint density at radius 3 is 1.41 bits per heavy atom. The highest BCUT2D eigenvalue weighted by Gasteiger charge is 2.28. The van der Waals surface area contributed by atoms with Gasteiger partial charge in [0.25, 0.3) is 11.4 Å². The van der Waals surface area contributed by atoms with Gasteiger partial charge in [-0.25, -0.2) is 19.6 Å². The maximum atomic E-state index is 12.2. The summed E-state index contributed by atoms with van der Waals surface area (Å²) in [5.41, 5.74) is -0.360.